The number of rotatable bonds is 1. The molecule has 10 heteroatoms. The van der Waals surface area contributed by atoms with E-state index >= 15 is 0 Å². The SMILES string of the molecule is [C-]#[N+]c1ccc(N2C[C@@H]3[C@@H]([C@@H]4O[C@@H]3C[C@@H]4F)S2(=O)=O)cc1C(F)(F)F. The summed E-state index contributed by atoms with van der Waals surface area (Å²) in [6.07, 6.45) is -7.64. The van der Waals surface area contributed by atoms with Gasteiger partial charge in [0.25, 0.3) is 0 Å². The molecule has 0 aliphatic carbocycles. The van der Waals surface area contributed by atoms with Crippen LogP contribution in [0.4, 0.5) is 28.9 Å². The molecule has 0 unspecified atom stereocenters. The molecule has 0 spiro atoms. The normalized spacial score (nSPS) is 35.6. The first kappa shape index (κ1) is 16.6. The van der Waals surface area contributed by atoms with Gasteiger partial charge in [-0.3, -0.25) is 4.31 Å². The van der Waals surface area contributed by atoms with Crippen LogP contribution in [0.15, 0.2) is 18.2 Å². The van der Waals surface area contributed by atoms with Crippen LogP contribution in [-0.2, 0) is 20.9 Å². The van der Waals surface area contributed by atoms with Crippen molar-refractivity contribution in [3.8, 4) is 0 Å². The summed E-state index contributed by atoms with van der Waals surface area (Å²) in [6, 6.07) is 2.80. The Hall–Kier alpha value is -1.86. The number of sulfonamides is 1. The van der Waals surface area contributed by atoms with E-state index in [1.165, 1.54) is 6.07 Å². The van der Waals surface area contributed by atoms with Crippen LogP contribution in [0, 0.1) is 12.5 Å². The monoisotopic (exact) mass is 376 g/mol. The molecule has 5 nitrogen and oxygen atoms in total. The highest BCUT2D eigenvalue weighted by Gasteiger charge is 2.64. The lowest BCUT2D eigenvalue weighted by atomic mass is 9.87. The van der Waals surface area contributed by atoms with Crippen LogP contribution in [0.5, 0.6) is 0 Å². The van der Waals surface area contributed by atoms with Crippen molar-refractivity contribution in [3.63, 3.8) is 0 Å². The fourth-order valence-electron chi connectivity index (χ4n) is 4.02. The van der Waals surface area contributed by atoms with Gasteiger partial charge in [0.2, 0.25) is 10.0 Å². The zero-order valence-corrected chi connectivity index (χ0v) is 13.4. The topological polar surface area (TPSA) is 51.0 Å². The number of benzene rings is 1. The minimum absolute atomic E-state index is 0.0461. The molecule has 2 bridgehead atoms. The summed E-state index contributed by atoms with van der Waals surface area (Å²) in [5.41, 5.74) is -1.95. The van der Waals surface area contributed by atoms with Crippen LogP contribution in [0.25, 0.3) is 4.85 Å². The Kier molecular flexibility index (Phi) is 3.37. The number of hydrogen-bond donors (Lipinski definition) is 0. The highest BCUT2D eigenvalue weighted by molar-refractivity contribution is 7.93. The molecule has 3 heterocycles. The van der Waals surface area contributed by atoms with Gasteiger partial charge in [-0.25, -0.2) is 17.7 Å². The number of fused-ring (bicyclic) bond motifs is 5. The summed E-state index contributed by atoms with van der Waals surface area (Å²) >= 11 is 0. The van der Waals surface area contributed by atoms with E-state index in [4.69, 9.17) is 11.3 Å². The molecule has 5 atom stereocenters. The Morgan fingerprint density at radius 1 is 1.32 bits per heavy atom. The number of nitrogens with zero attached hydrogens (tertiary/aromatic N) is 2. The summed E-state index contributed by atoms with van der Waals surface area (Å²) in [6.45, 7) is 6.80. The third kappa shape index (κ3) is 2.25. The van der Waals surface area contributed by atoms with Crippen molar-refractivity contribution in [2.24, 2.45) is 5.92 Å². The summed E-state index contributed by atoms with van der Waals surface area (Å²) in [7, 11) is -4.04. The van der Waals surface area contributed by atoms with E-state index in [0.29, 0.717) is 6.07 Å². The van der Waals surface area contributed by atoms with Crippen molar-refractivity contribution in [2.75, 3.05) is 10.8 Å². The summed E-state index contributed by atoms with van der Waals surface area (Å²) in [5, 5.41) is -1.07. The first-order chi connectivity index (χ1) is 11.6. The first-order valence-electron chi connectivity index (χ1n) is 7.54. The van der Waals surface area contributed by atoms with Crippen LogP contribution in [0.1, 0.15) is 12.0 Å². The molecule has 0 saturated carbocycles. The van der Waals surface area contributed by atoms with E-state index in [1.807, 2.05) is 0 Å². The maximum atomic E-state index is 13.9. The number of hydrogen-bond acceptors (Lipinski definition) is 3. The molecule has 1 aromatic rings. The molecular weight excluding hydrogens is 364 g/mol. The van der Waals surface area contributed by atoms with Crippen LogP contribution in [0.3, 0.4) is 0 Å². The predicted octanol–water partition coefficient (Wildman–Crippen LogP) is 2.90. The molecule has 3 aliphatic heterocycles. The van der Waals surface area contributed by atoms with Crippen molar-refractivity contribution >= 4 is 21.4 Å². The summed E-state index contributed by atoms with van der Waals surface area (Å²) in [5.74, 6) is -0.461. The van der Waals surface area contributed by atoms with Crippen molar-refractivity contribution in [1.29, 1.82) is 0 Å². The van der Waals surface area contributed by atoms with Gasteiger partial charge in [0.1, 0.15) is 17.5 Å². The van der Waals surface area contributed by atoms with Crippen molar-refractivity contribution in [2.45, 2.75) is 36.2 Å². The minimum atomic E-state index is -4.78. The second-order valence-corrected chi connectivity index (χ2v) is 8.42. The lowest BCUT2D eigenvalue weighted by Crippen LogP contribution is -2.41. The van der Waals surface area contributed by atoms with Gasteiger partial charge in [-0.15, -0.1) is 0 Å². The molecule has 1 aromatic carbocycles. The summed E-state index contributed by atoms with van der Waals surface area (Å²) < 4.78 is 85.1. The molecular formula is C15H12F4N2O3S. The molecule has 0 N–H and O–H groups in total. The highest BCUT2D eigenvalue weighted by Crippen LogP contribution is 2.50. The fourth-order valence-corrected chi connectivity index (χ4v) is 6.38. The maximum absolute atomic E-state index is 13.9. The van der Waals surface area contributed by atoms with Gasteiger partial charge in [-0.2, -0.15) is 13.2 Å². The Labute approximate surface area is 141 Å². The predicted molar refractivity (Wildman–Crippen MR) is 79.4 cm³/mol. The molecule has 4 rings (SSSR count). The second-order valence-electron chi connectivity index (χ2n) is 6.41. The van der Waals surface area contributed by atoms with Crippen molar-refractivity contribution in [1.82, 2.24) is 0 Å². The first-order valence-corrected chi connectivity index (χ1v) is 9.04. The standard InChI is InChI=1S/C15H12F4N2O3S/c1-20-11-3-2-7(4-9(11)15(17,18)19)21-6-8-12-5-10(16)13(24-12)14(8)25(21,22)23/h2-4,8,10,12-14H,5-6H2/t8-,10-,12+,13+,14-/m0/s1. The van der Waals surface area contributed by atoms with Crippen LogP contribution >= 0.6 is 0 Å². The third-order valence-corrected chi connectivity index (χ3v) is 7.37. The number of anilines is 1. The highest BCUT2D eigenvalue weighted by atomic mass is 32.2. The second kappa shape index (κ2) is 5.08. The van der Waals surface area contributed by atoms with Gasteiger partial charge in [0.15, 0.2) is 5.69 Å². The van der Waals surface area contributed by atoms with E-state index in [1.54, 1.807) is 0 Å². The fraction of sp³-hybridized carbons (Fsp3) is 0.533. The van der Waals surface area contributed by atoms with E-state index in [9.17, 15) is 26.0 Å². The van der Waals surface area contributed by atoms with Gasteiger partial charge in [0.05, 0.1) is 18.2 Å². The minimum Gasteiger partial charge on any atom is -0.370 e. The molecule has 0 amide bonds. The molecule has 3 saturated heterocycles. The van der Waals surface area contributed by atoms with E-state index in [-0.39, 0.29) is 18.7 Å². The summed E-state index contributed by atoms with van der Waals surface area (Å²) in [4.78, 5) is 2.83. The maximum Gasteiger partial charge on any atom is 0.407 e. The zero-order valence-electron chi connectivity index (χ0n) is 12.6. The molecule has 3 fully saturated rings. The number of alkyl halides is 4. The third-order valence-electron chi connectivity index (χ3n) is 5.09. The largest absolute Gasteiger partial charge is 0.407 e. The average molecular weight is 376 g/mol. The smallest absolute Gasteiger partial charge is 0.370 e. The van der Waals surface area contributed by atoms with Crippen LogP contribution in [-0.4, -0.2) is 38.6 Å². The Morgan fingerprint density at radius 3 is 2.68 bits per heavy atom. The molecule has 134 valence electrons. The Balaban J connectivity index is 1.76. The van der Waals surface area contributed by atoms with Crippen molar-refractivity contribution < 1.29 is 30.7 Å². The number of halogens is 4. The van der Waals surface area contributed by atoms with Crippen LogP contribution in [0.2, 0.25) is 0 Å². The zero-order chi connectivity index (χ0) is 18.1. The average Bonchev–Trinajstić information content (AvgIpc) is 3.15. The van der Waals surface area contributed by atoms with Gasteiger partial charge in [0, 0.05) is 24.6 Å². The van der Waals surface area contributed by atoms with E-state index in [2.05, 4.69) is 4.85 Å². The Bertz CT molecular complexity index is 880. The van der Waals surface area contributed by atoms with Gasteiger partial charge >= 0.3 is 6.18 Å². The van der Waals surface area contributed by atoms with Gasteiger partial charge < -0.3 is 4.74 Å². The molecule has 0 aromatic heterocycles. The molecule has 0 radical (unpaired) electrons. The molecule has 25 heavy (non-hydrogen) atoms. The number of ether oxygens (including phenoxy) is 1. The van der Waals surface area contributed by atoms with Gasteiger partial charge in [-0.1, -0.05) is 6.07 Å². The Morgan fingerprint density at radius 2 is 2.04 bits per heavy atom. The van der Waals surface area contributed by atoms with Gasteiger partial charge in [-0.05, 0) is 12.1 Å². The quantitative estimate of drug-likeness (QED) is 0.560. The lowest BCUT2D eigenvalue weighted by Gasteiger charge is -2.23. The van der Waals surface area contributed by atoms with E-state index in [0.717, 1.165) is 10.4 Å². The lowest BCUT2D eigenvalue weighted by molar-refractivity contribution is -0.136. The van der Waals surface area contributed by atoms with E-state index < -0.39 is 57.0 Å². The molecule has 3 aliphatic rings. The van der Waals surface area contributed by atoms with Crippen LogP contribution < -0.4 is 4.31 Å². The van der Waals surface area contributed by atoms with Crippen molar-refractivity contribution in [3.05, 3.63) is 35.2 Å².